The molecular formula is C12H25ClN2O2. The fourth-order valence-electron chi connectivity index (χ4n) is 2.39. The Bertz CT molecular complexity index is 253. The second-order valence-electron chi connectivity index (χ2n) is 5.62. The van der Waals surface area contributed by atoms with Crippen LogP contribution in [0.4, 0.5) is 0 Å². The van der Waals surface area contributed by atoms with Gasteiger partial charge in [-0.3, -0.25) is 4.79 Å². The summed E-state index contributed by atoms with van der Waals surface area (Å²) in [6.45, 7) is 7.64. The van der Waals surface area contributed by atoms with Crippen molar-refractivity contribution < 1.29 is 9.53 Å². The summed E-state index contributed by atoms with van der Waals surface area (Å²) in [5, 5.41) is 0. The average molecular weight is 265 g/mol. The molecule has 1 heterocycles. The molecule has 2 atom stereocenters. The van der Waals surface area contributed by atoms with Crippen LogP contribution in [0.25, 0.3) is 0 Å². The molecule has 0 bridgehead atoms. The van der Waals surface area contributed by atoms with Gasteiger partial charge in [0.05, 0.1) is 6.61 Å². The van der Waals surface area contributed by atoms with Gasteiger partial charge in [-0.1, -0.05) is 20.8 Å². The Morgan fingerprint density at radius 2 is 2.12 bits per heavy atom. The summed E-state index contributed by atoms with van der Waals surface area (Å²) >= 11 is 0. The van der Waals surface area contributed by atoms with Crippen LogP contribution in [-0.2, 0) is 9.53 Å². The molecule has 0 aromatic rings. The van der Waals surface area contributed by atoms with Crippen LogP contribution in [0.15, 0.2) is 0 Å². The molecule has 0 aliphatic carbocycles. The second-order valence-corrected chi connectivity index (χ2v) is 5.62. The third kappa shape index (κ3) is 4.12. The molecule has 2 N–H and O–H groups in total. The lowest BCUT2D eigenvalue weighted by atomic mass is 9.85. The first-order valence-corrected chi connectivity index (χ1v) is 5.93. The second kappa shape index (κ2) is 6.57. The molecule has 0 saturated carbocycles. The van der Waals surface area contributed by atoms with Crippen LogP contribution in [0.3, 0.4) is 0 Å². The van der Waals surface area contributed by atoms with E-state index in [-0.39, 0.29) is 23.7 Å². The number of nitrogens with two attached hydrogens (primary N) is 1. The first-order chi connectivity index (χ1) is 7.38. The predicted octanol–water partition coefficient (Wildman–Crippen LogP) is 1.42. The minimum absolute atomic E-state index is 0. The van der Waals surface area contributed by atoms with Gasteiger partial charge in [0.25, 0.3) is 0 Å². The number of likely N-dealkylation sites (tertiary alicyclic amines) is 1. The van der Waals surface area contributed by atoms with E-state index in [1.807, 2.05) is 4.90 Å². The minimum atomic E-state index is -0.520. The van der Waals surface area contributed by atoms with Crippen LogP contribution in [-0.4, -0.2) is 43.2 Å². The average Bonchev–Trinajstić information content (AvgIpc) is 2.64. The maximum Gasteiger partial charge on any atom is 0.242 e. The van der Waals surface area contributed by atoms with Gasteiger partial charge in [0, 0.05) is 19.7 Å². The first-order valence-electron chi connectivity index (χ1n) is 5.93. The van der Waals surface area contributed by atoms with Crippen molar-refractivity contribution in [3.05, 3.63) is 0 Å². The lowest BCUT2D eigenvalue weighted by molar-refractivity contribution is -0.136. The number of carbonyl (C=O) groups is 1. The number of amides is 1. The zero-order chi connectivity index (χ0) is 12.3. The van der Waals surface area contributed by atoms with Gasteiger partial charge < -0.3 is 15.4 Å². The van der Waals surface area contributed by atoms with Gasteiger partial charge in [-0.15, -0.1) is 12.4 Å². The quantitative estimate of drug-likeness (QED) is 0.839. The Balaban J connectivity index is 0.00000256. The molecule has 1 amide bonds. The van der Waals surface area contributed by atoms with Crippen LogP contribution < -0.4 is 5.73 Å². The van der Waals surface area contributed by atoms with Crippen LogP contribution in [0.5, 0.6) is 0 Å². The number of ether oxygens (including phenoxy) is 1. The molecule has 1 aliphatic heterocycles. The Kier molecular flexibility index (Phi) is 6.45. The molecule has 5 heteroatoms. The molecule has 1 saturated heterocycles. The third-order valence-electron chi connectivity index (χ3n) is 3.20. The molecule has 2 unspecified atom stereocenters. The zero-order valence-electron chi connectivity index (χ0n) is 11.2. The molecule has 4 nitrogen and oxygen atoms in total. The van der Waals surface area contributed by atoms with E-state index in [1.165, 1.54) is 0 Å². The SMILES string of the molecule is COCC(N)C(=O)N1CCCC1C(C)(C)C.Cl. The van der Waals surface area contributed by atoms with Crippen molar-refractivity contribution in [3.8, 4) is 0 Å². The van der Waals surface area contributed by atoms with Crippen molar-refractivity contribution in [1.29, 1.82) is 0 Å². The lowest BCUT2D eigenvalue weighted by Crippen LogP contribution is -2.51. The Hall–Kier alpha value is -0.320. The van der Waals surface area contributed by atoms with Crippen LogP contribution in [0, 0.1) is 5.41 Å². The van der Waals surface area contributed by atoms with E-state index in [1.54, 1.807) is 7.11 Å². The van der Waals surface area contributed by atoms with Crippen molar-refractivity contribution in [2.75, 3.05) is 20.3 Å². The number of methoxy groups -OCH3 is 1. The highest BCUT2D eigenvalue weighted by Gasteiger charge is 2.38. The highest BCUT2D eigenvalue weighted by Crippen LogP contribution is 2.32. The number of carbonyl (C=O) groups excluding carboxylic acids is 1. The number of halogens is 1. The van der Waals surface area contributed by atoms with Crippen molar-refractivity contribution in [2.24, 2.45) is 11.1 Å². The molecule has 0 aromatic carbocycles. The van der Waals surface area contributed by atoms with E-state index in [4.69, 9.17) is 10.5 Å². The predicted molar refractivity (Wildman–Crippen MR) is 71.3 cm³/mol. The molecule has 1 fully saturated rings. The summed E-state index contributed by atoms with van der Waals surface area (Å²) in [5.74, 6) is 0.0271. The summed E-state index contributed by atoms with van der Waals surface area (Å²) < 4.78 is 4.93. The van der Waals surface area contributed by atoms with E-state index >= 15 is 0 Å². The van der Waals surface area contributed by atoms with E-state index in [2.05, 4.69) is 20.8 Å². The van der Waals surface area contributed by atoms with Gasteiger partial charge in [-0.05, 0) is 18.3 Å². The maximum absolute atomic E-state index is 12.1. The van der Waals surface area contributed by atoms with Gasteiger partial charge >= 0.3 is 0 Å². The third-order valence-corrected chi connectivity index (χ3v) is 3.20. The smallest absolute Gasteiger partial charge is 0.242 e. The van der Waals surface area contributed by atoms with Gasteiger partial charge in [0.2, 0.25) is 5.91 Å². The van der Waals surface area contributed by atoms with Crippen LogP contribution in [0.1, 0.15) is 33.6 Å². The monoisotopic (exact) mass is 264 g/mol. The fraction of sp³-hybridized carbons (Fsp3) is 0.917. The molecule has 0 radical (unpaired) electrons. The lowest BCUT2D eigenvalue weighted by Gasteiger charge is -2.36. The number of hydrogen-bond acceptors (Lipinski definition) is 3. The molecule has 1 aliphatic rings. The van der Waals surface area contributed by atoms with Crippen LogP contribution >= 0.6 is 12.4 Å². The minimum Gasteiger partial charge on any atom is -0.383 e. The molecule has 0 aromatic heterocycles. The summed E-state index contributed by atoms with van der Waals surface area (Å²) in [4.78, 5) is 14.0. The summed E-state index contributed by atoms with van der Waals surface area (Å²) in [6, 6.07) is -0.212. The molecule has 102 valence electrons. The molecule has 17 heavy (non-hydrogen) atoms. The van der Waals surface area contributed by atoms with E-state index in [9.17, 15) is 4.79 Å². The van der Waals surface area contributed by atoms with Gasteiger partial charge in [0.1, 0.15) is 6.04 Å². The molecule has 0 spiro atoms. The summed E-state index contributed by atoms with van der Waals surface area (Å²) in [6.07, 6.45) is 2.16. The Morgan fingerprint density at radius 1 is 1.53 bits per heavy atom. The van der Waals surface area contributed by atoms with Crippen molar-refractivity contribution in [2.45, 2.75) is 45.7 Å². The van der Waals surface area contributed by atoms with E-state index < -0.39 is 6.04 Å². The highest BCUT2D eigenvalue weighted by atomic mass is 35.5. The van der Waals surface area contributed by atoms with Crippen molar-refractivity contribution in [3.63, 3.8) is 0 Å². The van der Waals surface area contributed by atoms with Gasteiger partial charge in [-0.25, -0.2) is 0 Å². The zero-order valence-corrected chi connectivity index (χ0v) is 12.0. The number of rotatable bonds is 3. The van der Waals surface area contributed by atoms with Crippen LogP contribution in [0.2, 0.25) is 0 Å². The largest absolute Gasteiger partial charge is 0.383 e. The molecule has 1 rings (SSSR count). The number of hydrogen-bond donors (Lipinski definition) is 1. The Labute approximate surface area is 110 Å². The van der Waals surface area contributed by atoms with Crippen molar-refractivity contribution >= 4 is 18.3 Å². The number of nitrogens with zero attached hydrogens (tertiary/aromatic N) is 1. The first kappa shape index (κ1) is 16.7. The van der Waals surface area contributed by atoms with E-state index in [0.717, 1.165) is 19.4 Å². The standard InChI is InChI=1S/C12H24N2O2.ClH/c1-12(2,3)10-6-5-7-14(10)11(15)9(13)8-16-4;/h9-10H,5-8,13H2,1-4H3;1H. The van der Waals surface area contributed by atoms with Gasteiger partial charge in [0.15, 0.2) is 0 Å². The summed E-state index contributed by atoms with van der Waals surface area (Å²) in [7, 11) is 1.57. The molecular weight excluding hydrogens is 240 g/mol. The summed E-state index contributed by atoms with van der Waals surface area (Å²) in [5.41, 5.74) is 5.92. The Morgan fingerprint density at radius 3 is 2.59 bits per heavy atom. The normalized spacial score (nSPS) is 22.2. The van der Waals surface area contributed by atoms with Crippen molar-refractivity contribution in [1.82, 2.24) is 4.90 Å². The topological polar surface area (TPSA) is 55.6 Å². The highest BCUT2D eigenvalue weighted by molar-refractivity contribution is 5.85. The van der Waals surface area contributed by atoms with E-state index in [0.29, 0.717) is 12.6 Å². The van der Waals surface area contributed by atoms with Gasteiger partial charge in [-0.2, -0.15) is 0 Å². The maximum atomic E-state index is 12.1. The fourth-order valence-corrected chi connectivity index (χ4v) is 2.39.